The van der Waals surface area contributed by atoms with Crippen LogP contribution in [0.3, 0.4) is 0 Å². The Morgan fingerprint density at radius 1 is 0.769 bits per heavy atom. The molecule has 0 aliphatic carbocycles. The van der Waals surface area contributed by atoms with Crippen LogP contribution < -0.4 is 0 Å². The summed E-state index contributed by atoms with van der Waals surface area (Å²) in [6, 6.07) is 0. The van der Waals surface area contributed by atoms with Crippen LogP contribution in [0.25, 0.3) is 0 Å². The van der Waals surface area contributed by atoms with E-state index in [1.54, 1.807) is 0 Å². The molecule has 77 valence electrons. The summed E-state index contributed by atoms with van der Waals surface area (Å²) in [7, 11) is 0. The van der Waals surface area contributed by atoms with Crippen molar-refractivity contribution in [3.63, 3.8) is 0 Å². The molecule has 0 aromatic carbocycles. The molecule has 1 heteroatoms. The molecule has 0 aromatic rings. The van der Waals surface area contributed by atoms with Gasteiger partial charge in [-0.25, -0.2) is 0 Å². The van der Waals surface area contributed by atoms with E-state index in [2.05, 4.69) is 40.5 Å². The molecular formula is C12H21Ru. The van der Waals surface area contributed by atoms with Gasteiger partial charge >= 0.3 is 88.2 Å². The molecule has 0 heterocycles. The molecule has 0 bridgehead atoms. The van der Waals surface area contributed by atoms with Crippen molar-refractivity contribution in [3.05, 3.63) is 36.5 Å². The first-order valence-corrected chi connectivity index (χ1v) is 8.06. The Labute approximate surface area is 88.3 Å². The molecule has 0 aliphatic rings. The van der Waals surface area contributed by atoms with E-state index < -0.39 is 16.0 Å². The van der Waals surface area contributed by atoms with Crippen LogP contribution in [0.1, 0.15) is 20.8 Å². The summed E-state index contributed by atoms with van der Waals surface area (Å²) in [6.07, 6.45) is 0. The topological polar surface area (TPSA) is 0 Å². The van der Waals surface area contributed by atoms with Gasteiger partial charge in [-0.05, 0) is 0 Å². The van der Waals surface area contributed by atoms with Crippen LogP contribution in [-0.4, -0.2) is 0 Å². The van der Waals surface area contributed by atoms with Gasteiger partial charge in [0.05, 0.1) is 0 Å². The van der Waals surface area contributed by atoms with Gasteiger partial charge in [-0.15, -0.1) is 0 Å². The predicted octanol–water partition coefficient (Wildman–Crippen LogP) is 4.59. The molecule has 0 saturated carbocycles. The zero-order valence-electron chi connectivity index (χ0n) is 9.10. The maximum atomic E-state index is 3.99. The molecule has 0 aliphatic heterocycles. The van der Waals surface area contributed by atoms with Crippen LogP contribution >= 0.6 is 0 Å². The first-order chi connectivity index (χ1) is 5.91. The van der Waals surface area contributed by atoms with Crippen LogP contribution in [0.2, 0.25) is 15.0 Å². The molecule has 0 N–H and O–H groups in total. The fourth-order valence-electron chi connectivity index (χ4n) is 1.04. The molecule has 0 atom stereocenters. The maximum absolute atomic E-state index is 3.99. The van der Waals surface area contributed by atoms with Gasteiger partial charge in [0.2, 0.25) is 0 Å². The summed E-state index contributed by atoms with van der Waals surface area (Å²) in [5.74, 6) is 0. The van der Waals surface area contributed by atoms with E-state index in [9.17, 15) is 0 Å². The normalized spacial score (nSPS) is 10.8. The van der Waals surface area contributed by atoms with Gasteiger partial charge in [-0.2, -0.15) is 0 Å². The van der Waals surface area contributed by atoms with E-state index in [0.717, 1.165) is 0 Å². The van der Waals surface area contributed by atoms with Crippen molar-refractivity contribution in [2.75, 3.05) is 0 Å². The van der Waals surface area contributed by atoms with Gasteiger partial charge in [0, 0.05) is 0 Å². The van der Waals surface area contributed by atoms with Crippen molar-refractivity contribution in [1.29, 1.82) is 0 Å². The molecule has 0 rings (SSSR count). The third-order valence-electron chi connectivity index (χ3n) is 1.17. The fourth-order valence-corrected chi connectivity index (χ4v) is 6.14. The van der Waals surface area contributed by atoms with Gasteiger partial charge in [-0.1, -0.05) is 0 Å². The van der Waals surface area contributed by atoms with E-state index in [1.807, 2.05) is 0 Å². The second kappa shape index (κ2) is 6.32. The van der Waals surface area contributed by atoms with Gasteiger partial charge in [0.15, 0.2) is 0 Å². The average Bonchev–Trinajstić information content (AvgIpc) is 1.80. The number of hydrogen-bond acceptors (Lipinski definition) is 0. The first kappa shape index (κ1) is 12.8. The quantitative estimate of drug-likeness (QED) is 0.487. The summed E-state index contributed by atoms with van der Waals surface area (Å²) in [4.78, 5) is 0. The zero-order valence-corrected chi connectivity index (χ0v) is 10.8. The SMILES string of the molecule is C=C(C)[CH2][Ru]([CH2]C(=C)C)[CH2]C(=C)C. The molecule has 0 unspecified atom stereocenters. The summed E-state index contributed by atoms with van der Waals surface area (Å²) >= 11 is -0.750. The second-order valence-corrected chi connectivity index (χ2v) is 8.23. The fraction of sp³-hybridized carbons (Fsp3) is 0.500. The van der Waals surface area contributed by atoms with E-state index in [4.69, 9.17) is 0 Å². The number of allylic oxidation sites excluding steroid dienone is 3. The average molecular weight is 266 g/mol. The third-order valence-corrected chi connectivity index (χ3v) is 6.92. The monoisotopic (exact) mass is 267 g/mol. The van der Waals surface area contributed by atoms with E-state index >= 15 is 0 Å². The van der Waals surface area contributed by atoms with Crippen LogP contribution in [0, 0.1) is 0 Å². The van der Waals surface area contributed by atoms with Crippen molar-refractivity contribution in [3.8, 4) is 0 Å². The Morgan fingerprint density at radius 2 is 1.00 bits per heavy atom. The molecule has 0 amide bonds. The minimum atomic E-state index is -0.750. The first-order valence-electron chi connectivity index (χ1n) is 4.37. The molecule has 13 heavy (non-hydrogen) atoms. The van der Waals surface area contributed by atoms with Crippen LogP contribution in [0.4, 0.5) is 0 Å². The Balaban J connectivity index is 4.10. The Bertz CT molecular complexity index is 175. The van der Waals surface area contributed by atoms with Crippen molar-refractivity contribution in [1.82, 2.24) is 0 Å². The van der Waals surface area contributed by atoms with Crippen molar-refractivity contribution < 1.29 is 16.0 Å². The number of rotatable bonds is 6. The molecule has 0 spiro atoms. The third kappa shape index (κ3) is 8.18. The zero-order chi connectivity index (χ0) is 10.4. The number of hydrogen-bond donors (Lipinski definition) is 0. The molecule has 0 radical (unpaired) electrons. The molecule has 0 aromatic heterocycles. The predicted molar refractivity (Wildman–Crippen MR) is 58.9 cm³/mol. The molecule has 0 fully saturated rings. The second-order valence-electron chi connectivity index (χ2n) is 3.78. The van der Waals surface area contributed by atoms with E-state index in [0.29, 0.717) is 0 Å². The van der Waals surface area contributed by atoms with Gasteiger partial charge in [-0.3, -0.25) is 0 Å². The van der Waals surface area contributed by atoms with Crippen molar-refractivity contribution >= 4 is 0 Å². The van der Waals surface area contributed by atoms with E-state index in [1.165, 1.54) is 31.8 Å². The molecular weight excluding hydrogens is 245 g/mol. The standard InChI is InChI=1S/3C4H7.Ru/c3*1-4(2)3;/h3*1-2H2,3H3;. The van der Waals surface area contributed by atoms with Crippen LogP contribution in [-0.2, 0) is 16.0 Å². The summed E-state index contributed by atoms with van der Waals surface area (Å²) in [5.41, 5.74) is 3.96. The van der Waals surface area contributed by atoms with Gasteiger partial charge in [0.1, 0.15) is 0 Å². The van der Waals surface area contributed by atoms with Crippen LogP contribution in [0.5, 0.6) is 0 Å². The van der Waals surface area contributed by atoms with Crippen molar-refractivity contribution in [2.24, 2.45) is 0 Å². The minimum absolute atomic E-state index is 0.750. The Hall–Kier alpha value is -0.157. The molecule has 0 nitrogen and oxygen atoms in total. The summed E-state index contributed by atoms with van der Waals surface area (Å²) in [5, 5.41) is 3.72. The van der Waals surface area contributed by atoms with Crippen molar-refractivity contribution in [2.45, 2.75) is 35.8 Å². The Morgan fingerprint density at radius 3 is 1.15 bits per heavy atom. The summed E-state index contributed by atoms with van der Waals surface area (Å²) < 4.78 is 0. The van der Waals surface area contributed by atoms with Crippen LogP contribution in [0.15, 0.2) is 36.5 Å². The molecule has 0 saturated heterocycles. The summed E-state index contributed by atoms with van der Waals surface area (Å²) in [6.45, 7) is 18.3. The van der Waals surface area contributed by atoms with E-state index in [-0.39, 0.29) is 0 Å². The Kier molecular flexibility index (Phi) is 6.24. The van der Waals surface area contributed by atoms with Gasteiger partial charge < -0.3 is 0 Å². The van der Waals surface area contributed by atoms with Gasteiger partial charge in [0.25, 0.3) is 0 Å².